The van der Waals surface area contributed by atoms with E-state index >= 15 is 0 Å². The summed E-state index contributed by atoms with van der Waals surface area (Å²) in [4.78, 5) is 5.47. The standard InChI is InChI=1S/C9H16N4O/c10-9-7-11-12(8-9)4-5-13-3-1-2-6-14-13/h7-8H,1-6,10H2. The highest BCUT2D eigenvalue weighted by Crippen LogP contribution is 2.06. The number of hydrogen-bond donors (Lipinski definition) is 1. The van der Waals surface area contributed by atoms with Crippen LogP contribution in [0.3, 0.4) is 0 Å². The first kappa shape index (κ1) is 9.48. The van der Waals surface area contributed by atoms with Crippen LogP contribution < -0.4 is 5.73 Å². The molecule has 0 atom stereocenters. The molecule has 78 valence electrons. The maximum atomic E-state index is 5.56. The van der Waals surface area contributed by atoms with E-state index in [1.807, 2.05) is 15.9 Å². The van der Waals surface area contributed by atoms with E-state index in [9.17, 15) is 0 Å². The third-order valence-corrected chi connectivity index (χ3v) is 2.31. The van der Waals surface area contributed by atoms with E-state index in [1.54, 1.807) is 6.20 Å². The van der Waals surface area contributed by atoms with E-state index in [4.69, 9.17) is 10.6 Å². The largest absolute Gasteiger partial charge is 0.396 e. The van der Waals surface area contributed by atoms with Crippen molar-refractivity contribution in [1.29, 1.82) is 0 Å². The van der Waals surface area contributed by atoms with Crippen LogP contribution in [0.15, 0.2) is 12.4 Å². The molecule has 2 rings (SSSR count). The van der Waals surface area contributed by atoms with Gasteiger partial charge in [0.25, 0.3) is 0 Å². The first-order chi connectivity index (χ1) is 6.84. The van der Waals surface area contributed by atoms with Gasteiger partial charge in [-0.05, 0) is 12.8 Å². The zero-order valence-electron chi connectivity index (χ0n) is 8.22. The summed E-state index contributed by atoms with van der Waals surface area (Å²) < 4.78 is 1.84. The maximum absolute atomic E-state index is 5.56. The fraction of sp³-hybridized carbons (Fsp3) is 0.667. The smallest absolute Gasteiger partial charge is 0.0719 e. The van der Waals surface area contributed by atoms with Crippen LogP contribution in [-0.2, 0) is 11.4 Å². The minimum Gasteiger partial charge on any atom is -0.396 e. The molecule has 0 unspecified atom stereocenters. The van der Waals surface area contributed by atoms with Crippen molar-refractivity contribution >= 4 is 5.69 Å². The fourth-order valence-electron chi connectivity index (χ4n) is 1.54. The highest BCUT2D eigenvalue weighted by atomic mass is 16.7. The Balaban J connectivity index is 1.76. The molecule has 1 fully saturated rings. The molecular formula is C9H16N4O. The Morgan fingerprint density at radius 1 is 1.43 bits per heavy atom. The van der Waals surface area contributed by atoms with Gasteiger partial charge in [0.2, 0.25) is 0 Å². The second-order valence-corrected chi connectivity index (χ2v) is 3.51. The lowest BCUT2D eigenvalue weighted by atomic mass is 10.3. The van der Waals surface area contributed by atoms with Crippen molar-refractivity contribution in [2.75, 3.05) is 25.4 Å². The Labute approximate surface area is 83.4 Å². The second kappa shape index (κ2) is 4.43. The first-order valence-corrected chi connectivity index (χ1v) is 5.00. The van der Waals surface area contributed by atoms with Crippen LogP contribution in [0.4, 0.5) is 5.69 Å². The molecule has 0 aliphatic carbocycles. The van der Waals surface area contributed by atoms with Crippen molar-refractivity contribution in [1.82, 2.24) is 14.8 Å². The Morgan fingerprint density at radius 2 is 2.36 bits per heavy atom. The average molecular weight is 196 g/mol. The average Bonchev–Trinajstić information content (AvgIpc) is 2.63. The Hall–Kier alpha value is -1.07. The highest BCUT2D eigenvalue weighted by Gasteiger charge is 2.10. The van der Waals surface area contributed by atoms with Crippen molar-refractivity contribution in [3.8, 4) is 0 Å². The summed E-state index contributed by atoms with van der Waals surface area (Å²) in [6, 6.07) is 0. The Kier molecular flexibility index (Phi) is 3.00. The van der Waals surface area contributed by atoms with Gasteiger partial charge in [-0.3, -0.25) is 9.52 Å². The molecular weight excluding hydrogens is 180 g/mol. The molecule has 0 spiro atoms. The van der Waals surface area contributed by atoms with Crippen LogP contribution in [0.2, 0.25) is 0 Å². The number of anilines is 1. The molecule has 1 aliphatic rings. The zero-order chi connectivity index (χ0) is 9.80. The second-order valence-electron chi connectivity index (χ2n) is 3.51. The summed E-state index contributed by atoms with van der Waals surface area (Å²) in [5.74, 6) is 0. The van der Waals surface area contributed by atoms with Gasteiger partial charge in [-0.2, -0.15) is 10.2 Å². The zero-order valence-corrected chi connectivity index (χ0v) is 8.22. The van der Waals surface area contributed by atoms with Gasteiger partial charge in [0.15, 0.2) is 0 Å². The van der Waals surface area contributed by atoms with Crippen LogP contribution >= 0.6 is 0 Å². The van der Waals surface area contributed by atoms with Crippen molar-refractivity contribution in [2.45, 2.75) is 19.4 Å². The van der Waals surface area contributed by atoms with E-state index in [1.165, 1.54) is 12.8 Å². The topological polar surface area (TPSA) is 56.3 Å². The molecule has 5 heteroatoms. The number of rotatable bonds is 3. The Bertz CT molecular complexity index is 280. The molecule has 1 aromatic heterocycles. The summed E-state index contributed by atoms with van der Waals surface area (Å²) in [5, 5.41) is 6.11. The molecule has 1 aliphatic heterocycles. The van der Waals surface area contributed by atoms with Gasteiger partial charge in [-0.25, -0.2) is 0 Å². The minimum absolute atomic E-state index is 0.713. The van der Waals surface area contributed by atoms with Crippen LogP contribution in [0.1, 0.15) is 12.8 Å². The molecule has 0 bridgehead atoms. The van der Waals surface area contributed by atoms with Crippen LogP contribution in [0, 0.1) is 0 Å². The summed E-state index contributed by atoms with van der Waals surface area (Å²) >= 11 is 0. The SMILES string of the molecule is Nc1cnn(CCN2CCCCO2)c1. The molecule has 0 radical (unpaired) electrons. The lowest BCUT2D eigenvalue weighted by Crippen LogP contribution is -2.32. The fourth-order valence-corrected chi connectivity index (χ4v) is 1.54. The van der Waals surface area contributed by atoms with Crippen LogP contribution in [0.25, 0.3) is 0 Å². The molecule has 5 nitrogen and oxygen atoms in total. The van der Waals surface area contributed by atoms with Crippen molar-refractivity contribution in [2.24, 2.45) is 0 Å². The van der Waals surface area contributed by atoms with E-state index in [-0.39, 0.29) is 0 Å². The third-order valence-electron chi connectivity index (χ3n) is 2.31. The number of nitrogens with zero attached hydrogens (tertiary/aromatic N) is 3. The minimum atomic E-state index is 0.713. The third kappa shape index (κ3) is 2.46. The number of hydroxylamine groups is 2. The summed E-state index contributed by atoms with van der Waals surface area (Å²) in [7, 11) is 0. The van der Waals surface area contributed by atoms with E-state index in [0.717, 1.165) is 26.2 Å². The van der Waals surface area contributed by atoms with Crippen LogP contribution in [0.5, 0.6) is 0 Å². The van der Waals surface area contributed by atoms with Crippen molar-refractivity contribution < 1.29 is 4.84 Å². The van der Waals surface area contributed by atoms with Gasteiger partial charge in [-0.15, -0.1) is 0 Å². The lowest BCUT2D eigenvalue weighted by Gasteiger charge is -2.25. The maximum Gasteiger partial charge on any atom is 0.0719 e. The molecule has 2 heterocycles. The summed E-state index contributed by atoms with van der Waals surface area (Å²) in [6.45, 7) is 3.58. The van der Waals surface area contributed by atoms with Gasteiger partial charge in [-0.1, -0.05) is 0 Å². The van der Waals surface area contributed by atoms with Crippen molar-refractivity contribution in [3.63, 3.8) is 0 Å². The highest BCUT2D eigenvalue weighted by molar-refractivity contribution is 5.30. The first-order valence-electron chi connectivity index (χ1n) is 5.00. The van der Waals surface area contributed by atoms with Gasteiger partial charge in [0.1, 0.15) is 0 Å². The molecule has 2 N–H and O–H groups in total. The van der Waals surface area contributed by atoms with Gasteiger partial charge in [0, 0.05) is 19.3 Å². The van der Waals surface area contributed by atoms with E-state index in [0.29, 0.717) is 5.69 Å². The van der Waals surface area contributed by atoms with Gasteiger partial charge in [0.05, 0.1) is 25.0 Å². The number of aromatic nitrogens is 2. The molecule has 14 heavy (non-hydrogen) atoms. The van der Waals surface area contributed by atoms with E-state index in [2.05, 4.69) is 5.10 Å². The quantitative estimate of drug-likeness (QED) is 0.764. The molecule has 0 saturated carbocycles. The van der Waals surface area contributed by atoms with E-state index < -0.39 is 0 Å². The number of hydrogen-bond acceptors (Lipinski definition) is 4. The molecule has 1 aromatic rings. The van der Waals surface area contributed by atoms with Crippen LogP contribution in [-0.4, -0.2) is 34.5 Å². The molecule has 1 saturated heterocycles. The predicted octanol–water partition coefficient (Wildman–Crippen LogP) is 0.493. The van der Waals surface area contributed by atoms with Gasteiger partial charge >= 0.3 is 0 Å². The molecule has 0 aromatic carbocycles. The number of nitrogen functional groups attached to an aromatic ring is 1. The summed E-state index contributed by atoms with van der Waals surface area (Å²) in [5.41, 5.74) is 6.27. The summed E-state index contributed by atoms with van der Waals surface area (Å²) in [6.07, 6.45) is 5.90. The lowest BCUT2D eigenvalue weighted by molar-refractivity contribution is -0.181. The monoisotopic (exact) mass is 196 g/mol. The van der Waals surface area contributed by atoms with Gasteiger partial charge < -0.3 is 5.73 Å². The Morgan fingerprint density at radius 3 is 3.00 bits per heavy atom. The van der Waals surface area contributed by atoms with Crippen molar-refractivity contribution in [3.05, 3.63) is 12.4 Å². The molecule has 0 amide bonds. The number of nitrogens with two attached hydrogens (primary N) is 1. The predicted molar refractivity (Wildman–Crippen MR) is 53.4 cm³/mol. The normalized spacial score (nSPS) is 18.6.